The number of nitrogens with zero attached hydrogens (tertiary/aromatic N) is 1. The summed E-state index contributed by atoms with van der Waals surface area (Å²) in [4.78, 5) is 12.7. The summed E-state index contributed by atoms with van der Waals surface area (Å²) in [6, 6.07) is 14.7. The topological polar surface area (TPSA) is 75.7 Å². The SMILES string of the molecule is O=C(Cc1ccc(C(F)(F)F)c(F)c1)Nc1c(Cl)ccc2c1CCN(S(=O)(=O)c1ccc(Oc3ccc(C(F)(F)F)cc3)cc1)C2. The summed E-state index contributed by atoms with van der Waals surface area (Å²) < 4.78 is 124. The minimum absolute atomic E-state index is 0.0111. The lowest BCUT2D eigenvalue weighted by Gasteiger charge is -2.30. The molecule has 6 nitrogen and oxygen atoms in total. The summed E-state index contributed by atoms with van der Waals surface area (Å²) in [5.74, 6) is -1.83. The van der Waals surface area contributed by atoms with Crippen molar-refractivity contribution < 1.29 is 48.7 Å². The number of alkyl halides is 6. The van der Waals surface area contributed by atoms with Crippen LogP contribution in [0.5, 0.6) is 11.5 Å². The van der Waals surface area contributed by atoms with Crippen LogP contribution in [-0.2, 0) is 46.6 Å². The van der Waals surface area contributed by atoms with Crippen LogP contribution in [0.1, 0.15) is 27.8 Å². The Kier molecular flexibility index (Phi) is 9.08. The maximum atomic E-state index is 14.0. The number of anilines is 1. The first-order chi connectivity index (χ1) is 21.5. The molecule has 0 unspecified atom stereocenters. The maximum Gasteiger partial charge on any atom is 0.419 e. The Bertz CT molecular complexity index is 1880. The number of nitrogens with one attached hydrogen (secondary N) is 1. The van der Waals surface area contributed by atoms with Crippen LogP contribution in [0.3, 0.4) is 0 Å². The highest BCUT2D eigenvalue weighted by atomic mass is 35.5. The molecule has 1 aliphatic rings. The number of carbonyl (C=O) groups is 1. The van der Waals surface area contributed by atoms with Crippen LogP contribution in [0.4, 0.5) is 36.4 Å². The largest absolute Gasteiger partial charge is 0.457 e. The molecule has 242 valence electrons. The predicted molar refractivity (Wildman–Crippen MR) is 154 cm³/mol. The zero-order valence-electron chi connectivity index (χ0n) is 23.3. The zero-order chi connectivity index (χ0) is 33.4. The molecule has 0 atom stereocenters. The lowest BCUT2D eigenvalue weighted by molar-refractivity contribution is -0.140. The smallest absolute Gasteiger partial charge is 0.419 e. The van der Waals surface area contributed by atoms with Gasteiger partial charge in [-0.25, -0.2) is 12.8 Å². The van der Waals surface area contributed by atoms with Crippen LogP contribution in [0.15, 0.2) is 83.8 Å². The number of hydrogen-bond acceptors (Lipinski definition) is 4. The molecule has 4 aromatic carbocycles. The van der Waals surface area contributed by atoms with Crippen molar-refractivity contribution in [1.29, 1.82) is 0 Å². The molecular formula is C31H22ClF7N2O4S. The monoisotopic (exact) mass is 686 g/mol. The summed E-state index contributed by atoms with van der Waals surface area (Å²) in [5.41, 5.74) is -0.923. The van der Waals surface area contributed by atoms with Gasteiger partial charge in [0.2, 0.25) is 15.9 Å². The van der Waals surface area contributed by atoms with Crippen molar-refractivity contribution in [3.63, 3.8) is 0 Å². The molecule has 1 heterocycles. The molecule has 0 aromatic heterocycles. The van der Waals surface area contributed by atoms with Crippen molar-refractivity contribution in [1.82, 2.24) is 4.31 Å². The second kappa shape index (κ2) is 12.6. The summed E-state index contributed by atoms with van der Waals surface area (Å²) >= 11 is 6.33. The van der Waals surface area contributed by atoms with Crippen LogP contribution in [0, 0.1) is 5.82 Å². The summed E-state index contributed by atoms with van der Waals surface area (Å²) in [6.07, 6.45) is -9.65. The molecule has 4 aromatic rings. The molecule has 0 bridgehead atoms. The van der Waals surface area contributed by atoms with Crippen LogP contribution >= 0.6 is 11.6 Å². The number of amides is 1. The Balaban J connectivity index is 1.26. The third-order valence-corrected chi connectivity index (χ3v) is 9.34. The van der Waals surface area contributed by atoms with Gasteiger partial charge in [-0.3, -0.25) is 4.79 Å². The normalized spacial score (nSPS) is 14.1. The number of carbonyl (C=O) groups excluding carboxylic acids is 1. The van der Waals surface area contributed by atoms with E-state index < -0.39 is 51.6 Å². The molecular weight excluding hydrogens is 665 g/mol. The lowest BCUT2D eigenvalue weighted by Crippen LogP contribution is -2.36. The second-order valence-electron chi connectivity index (χ2n) is 10.3. The van der Waals surface area contributed by atoms with Gasteiger partial charge in [0, 0.05) is 13.1 Å². The second-order valence-corrected chi connectivity index (χ2v) is 12.6. The fourth-order valence-corrected chi connectivity index (χ4v) is 6.53. The van der Waals surface area contributed by atoms with E-state index in [1.807, 2.05) is 0 Å². The van der Waals surface area contributed by atoms with E-state index in [1.165, 1.54) is 34.6 Å². The Morgan fingerprint density at radius 1 is 0.870 bits per heavy atom. The molecule has 1 N–H and O–H groups in total. The molecule has 5 rings (SSSR count). The Labute approximate surface area is 263 Å². The van der Waals surface area contributed by atoms with E-state index in [2.05, 4.69) is 5.32 Å². The number of ether oxygens (including phenoxy) is 1. The zero-order valence-corrected chi connectivity index (χ0v) is 24.9. The molecule has 0 saturated carbocycles. The van der Waals surface area contributed by atoms with E-state index in [4.69, 9.17) is 16.3 Å². The van der Waals surface area contributed by atoms with E-state index >= 15 is 0 Å². The molecule has 0 fully saturated rings. The van der Waals surface area contributed by atoms with Gasteiger partial charge in [-0.05, 0) is 89.8 Å². The van der Waals surface area contributed by atoms with Gasteiger partial charge in [0.05, 0.1) is 33.2 Å². The van der Waals surface area contributed by atoms with Crippen LogP contribution < -0.4 is 10.1 Å². The van der Waals surface area contributed by atoms with E-state index in [0.29, 0.717) is 23.3 Å². The highest BCUT2D eigenvalue weighted by Gasteiger charge is 2.34. The van der Waals surface area contributed by atoms with Crippen LogP contribution in [0.2, 0.25) is 5.02 Å². The number of hydrogen-bond donors (Lipinski definition) is 1. The van der Waals surface area contributed by atoms with Crippen molar-refractivity contribution >= 4 is 33.2 Å². The minimum atomic E-state index is -4.88. The molecule has 0 saturated heterocycles. The number of rotatable bonds is 7. The fourth-order valence-electron chi connectivity index (χ4n) is 4.89. The third kappa shape index (κ3) is 7.29. The summed E-state index contributed by atoms with van der Waals surface area (Å²) in [5, 5.41) is 2.78. The van der Waals surface area contributed by atoms with Gasteiger partial charge < -0.3 is 10.1 Å². The van der Waals surface area contributed by atoms with E-state index in [9.17, 15) is 43.9 Å². The van der Waals surface area contributed by atoms with E-state index in [1.54, 1.807) is 6.07 Å². The van der Waals surface area contributed by atoms with Crippen molar-refractivity contribution in [3.05, 3.63) is 118 Å². The predicted octanol–water partition coefficient (Wildman–Crippen LogP) is 8.24. The van der Waals surface area contributed by atoms with Gasteiger partial charge in [0.25, 0.3) is 0 Å². The summed E-state index contributed by atoms with van der Waals surface area (Å²) in [6.45, 7) is -0.0436. The van der Waals surface area contributed by atoms with Gasteiger partial charge in [0.15, 0.2) is 0 Å². The standard InChI is InChI=1S/C31H22ClF7N2O4S/c32-26-12-2-19-17-41(14-13-24(19)29(26)40-28(42)16-18-1-11-25(27(33)15-18)31(37,38)39)46(43,44)23-9-7-22(8-10-23)45-21-5-3-20(4-6-21)30(34,35)36/h1-12,15H,13-14,16-17H2,(H,40,42). The molecule has 1 amide bonds. The molecule has 46 heavy (non-hydrogen) atoms. The Morgan fingerprint density at radius 3 is 2.09 bits per heavy atom. The average molecular weight is 687 g/mol. The molecule has 1 aliphatic heterocycles. The number of halogens is 8. The molecule has 0 spiro atoms. The van der Waals surface area contributed by atoms with E-state index in [0.717, 1.165) is 30.3 Å². The first kappa shape index (κ1) is 33.2. The number of benzene rings is 4. The molecule has 0 radical (unpaired) electrons. The van der Waals surface area contributed by atoms with Gasteiger partial charge in [-0.1, -0.05) is 23.7 Å². The number of fused-ring (bicyclic) bond motifs is 1. The highest BCUT2D eigenvalue weighted by Crippen LogP contribution is 2.36. The van der Waals surface area contributed by atoms with Crippen molar-refractivity contribution in [2.45, 2.75) is 36.6 Å². The first-order valence-corrected chi connectivity index (χ1v) is 15.3. The van der Waals surface area contributed by atoms with Gasteiger partial charge in [-0.15, -0.1) is 0 Å². The van der Waals surface area contributed by atoms with Gasteiger partial charge in [0.1, 0.15) is 17.3 Å². The van der Waals surface area contributed by atoms with Crippen molar-refractivity contribution in [2.24, 2.45) is 0 Å². The maximum absolute atomic E-state index is 14.0. The molecule has 15 heteroatoms. The molecule has 0 aliphatic carbocycles. The van der Waals surface area contributed by atoms with Crippen LogP contribution in [-0.4, -0.2) is 25.2 Å². The third-order valence-electron chi connectivity index (χ3n) is 7.16. The lowest BCUT2D eigenvalue weighted by atomic mass is 9.98. The fraction of sp³-hybridized carbons (Fsp3) is 0.194. The van der Waals surface area contributed by atoms with Crippen LogP contribution in [0.25, 0.3) is 0 Å². The van der Waals surface area contributed by atoms with Crippen molar-refractivity contribution in [3.8, 4) is 11.5 Å². The van der Waals surface area contributed by atoms with E-state index in [-0.39, 0.29) is 52.2 Å². The Morgan fingerprint density at radius 2 is 1.50 bits per heavy atom. The summed E-state index contributed by atoms with van der Waals surface area (Å²) in [7, 11) is -4.00. The average Bonchev–Trinajstić information content (AvgIpc) is 2.98. The minimum Gasteiger partial charge on any atom is -0.457 e. The van der Waals surface area contributed by atoms with Gasteiger partial charge >= 0.3 is 12.4 Å². The quantitative estimate of drug-likeness (QED) is 0.199. The first-order valence-electron chi connectivity index (χ1n) is 13.4. The van der Waals surface area contributed by atoms with Crippen molar-refractivity contribution in [2.75, 3.05) is 11.9 Å². The van der Waals surface area contributed by atoms with Gasteiger partial charge in [-0.2, -0.15) is 30.6 Å². The Hall–Kier alpha value is -4.14. The number of sulfonamides is 1. The highest BCUT2D eigenvalue weighted by molar-refractivity contribution is 7.89.